The number of benzene rings is 1. The zero-order valence-electron chi connectivity index (χ0n) is 14.3. The summed E-state index contributed by atoms with van der Waals surface area (Å²) in [5.74, 6) is -1.69. The van der Waals surface area contributed by atoms with Gasteiger partial charge in [0.05, 0.1) is 0 Å². The monoisotopic (exact) mass is 348 g/mol. The van der Waals surface area contributed by atoms with Gasteiger partial charge in [-0.1, -0.05) is 30.3 Å². The van der Waals surface area contributed by atoms with Gasteiger partial charge in [0.2, 0.25) is 5.91 Å². The number of carboxylic acids is 1. The molecule has 7 heteroatoms. The highest BCUT2D eigenvalue weighted by atomic mass is 16.4. The minimum absolute atomic E-state index is 0.208. The standard InChI is InChI=1S/C18H24N2O5/c1-13(21)20(12-16(22)23)15-8-5-10-19(11-9-15)18(25)17(24)14-6-3-2-4-7-14/h2-4,6-7,15,17,24H,5,8-12H2,1H3,(H,22,23)/t15?,17-/m0/s1. The lowest BCUT2D eigenvalue weighted by molar-refractivity contribution is -0.145. The van der Waals surface area contributed by atoms with E-state index in [2.05, 4.69) is 0 Å². The zero-order valence-corrected chi connectivity index (χ0v) is 14.3. The Hall–Kier alpha value is -2.41. The minimum atomic E-state index is -1.21. The molecular formula is C18H24N2O5. The van der Waals surface area contributed by atoms with Gasteiger partial charge in [-0.15, -0.1) is 0 Å². The number of aliphatic carboxylic acids is 1. The largest absolute Gasteiger partial charge is 0.480 e. The van der Waals surface area contributed by atoms with E-state index >= 15 is 0 Å². The van der Waals surface area contributed by atoms with Crippen molar-refractivity contribution in [3.05, 3.63) is 35.9 Å². The number of carbonyl (C=O) groups excluding carboxylic acids is 2. The topological polar surface area (TPSA) is 98.2 Å². The maximum absolute atomic E-state index is 12.5. The number of amides is 2. The highest BCUT2D eigenvalue weighted by Gasteiger charge is 2.30. The zero-order chi connectivity index (χ0) is 18.4. The Balaban J connectivity index is 2.01. The number of hydrogen-bond donors (Lipinski definition) is 2. The summed E-state index contributed by atoms with van der Waals surface area (Å²) in [5.41, 5.74) is 0.546. The lowest BCUT2D eigenvalue weighted by Crippen LogP contribution is -2.43. The van der Waals surface area contributed by atoms with Crippen LogP contribution in [0.25, 0.3) is 0 Å². The second kappa shape index (κ2) is 8.62. The van der Waals surface area contributed by atoms with Gasteiger partial charge in [-0.2, -0.15) is 0 Å². The van der Waals surface area contributed by atoms with Gasteiger partial charge in [0, 0.05) is 26.1 Å². The number of nitrogens with zero attached hydrogens (tertiary/aromatic N) is 2. The molecule has 1 heterocycles. The summed E-state index contributed by atoms with van der Waals surface area (Å²) in [6.45, 7) is 1.89. The van der Waals surface area contributed by atoms with Crippen LogP contribution in [0, 0.1) is 0 Å². The van der Waals surface area contributed by atoms with Crippen LogP contribution in [0.3, 0.4) is 0 Å². The number of rotatable bonds is 5. The summed E-state index contributed by atoms with van der Waals surface area (Å²) in [5, 5.41) is 19.3. The number of carboxylic acid groups (broad SMARTS) is 1. The highest BCUT2D eigenvalue weighted by Crippen LogP contribution is 2.21. The Morgan fingerprint density at radius 3 is 2.48 bits per heavy atom. The minimum Gasteiger partial charge on any atom is -0.480 e. The Kier molecular flexibility index (Phi) is 6.52. The summed E-state index contributed by atoms with van der Waals surface area (Å²) in [7, 11) is 0. The highest BCUT2D eigenvalue weighted by molar-refractivity contribution is 5.82. The van der Waals surface area contributed by atoms with E-state index in [1.54, 1.807) is 29.2 Å². The molecule has 0 aromatic heterocycles. The first-order valence-electron chi connectivity index (χ1n) is 8.41. The average molecular weight is 348 g/mol. The molecule has 7 nitrogen and oxygen atoms in total. The van der Waals surface area contributed by atoms with Gasteiger partial charge >= 0.3 is 5.97 Å². The first kappa shape index (κ1) is 18.9. The molecule has 1 aliphatic rings. The SMILES string of the molecule is CC(=O)N(CC(=O)O)C1CCCN(C(=O)[C@@H](O)c2ccccc2)CC1. The van der Waals surface area contributed by atoms with Crippen LogP contribution in [0.5, 0.6) is 0 Å². The van der Waals surface area contributed by atoms with Crippen molar-refractivity contribution < 1.29 is 24.6 Å². The summed E-state index contributed by atoms with van der Waals surface area (Å²) < 4.78 is 0. The Morgan fingerprint density at radius 2 is 1.88 bits per heavy atom. The molecule has 2 N–H and O–H groups in total. The van der Waals surface area contributed by atoms with Crippen LogP contribution in [0.15, 0.2) is 30.3 Å². The van der Waals surface area contributed by atoms with Crippen molar-refractivity contribution in [1.82, 2.24) is 9.80 Å². The van der Waals surface area contributed by atoms with Crippen LogP contribution in [-0.4, -0.2) is 63.5 Å². The van der Waals surface area contributed by atoms with Crippen LogP contribution in [0.2, 0.25) is 0 Å². The molecule has 0 radical (unpaired) electrons. The van der Waals surface area contributed by atoms with E-state index in [9.17, 15) is 19.5 Å². The van der Waals surface area contributed by atoms with E-state index in [0.717, 1.165) is 0 Å². The summed E-state index contributed by atoms with van der Waals surface area (Å²) in [6.07, 6.45) is 0.583. The van der Waals surface area contributed by atoms with Crippen molar-refractivity contribution in [3.63, 3.8) is 0 Å². The normalized spacial score (nSPS) is 19.0. The van der Waals surface area contributed by atoms with Gasteiger partial charge in [-0.25, -0.2) is 0 Å². The fraction of sp³-hybridized carbons (Fsp3) is 0.500. The predicted molar refractivity (Wildman–Crippen MR) is 90.6 cm³/mol. The average Bonchev–Trinajstić information content (AvgIpc) is 2.84. The molecule has 0 saturated carbocycles. The molecule has 0 spiro atoms. The van der Waals surface area contributed by atoms with Crippen molar-refractivity contribution in [1.29, 1.82) is 0 Å². The summed E-state index contributed by atoms with van der Waals surface area (Å²) >= 11 is 0. The molecule has 0 bridgehead atoms. The third-order valence-electron chi connectivity index (χ3n) is 4.51. The predicted octanol–water partition coefficient (Wildman–Crippen LogP) is 1.03. The van der Waals surface area contributed by atoms with Crippen LogP contribution in [0.1, 0.15) is 37.9 Å². The molecule has 2 atom stereocenters. The van der Waals surface area contributed by atoms with Crippen LogP contribution in [0.4, 0.5) is 0 Å². The Bertz CT molecular complexity index is 619. The number of hydrogen-bond acceptors (Lipinski definition) is 4. The lowest BCUT2D eigenvalue weighted by atomic mass is 10.1. The number of likely N-dealkylation sites (tertiary alicyclic amines) is 1. The van der Waals surface area contributed by atoms with E-state index in [-0.39, 0.29) is 24.4 Å². The summed E-state index contributed by atoms with van der Waals surface area (Å²) in [6, 6.07) is 8.54. The first-order chi connectivity index (χ1) is 11.9. The van der Waals surface area contributed by atoms with E-state index in [1.807, 2.05) is 6.07 Å². The second-order valence-corrected chi connectivity index (χ2v) is 6.26. The van der Waals surface area contributed by atoms with Gasteiger partial charge in [0.1, 0.15) is 6.54 Å². The number of carbonyl (C=O) groups is 3. The summed E-state index contributed by atoms with van der Waals surface area (Å²) in [4.78, 5) is 38.2. The van der Waals surface area contributed by atoms with Gasteiger partial charge < -0.3 is 20.0 Å². The van der Waals surface area contributed by atoms with Crippen molar-refractivity contribution in [2.45, 2.75) is 38.3 Å². The van der Waals surface area contributed by atoms with Crippen molar-refractivity contribution in [3.8, 4) is 0 Å². The third-order valence-corrected chi connectivity index (χ3v) is 4.51. The quantitative estimate of drug-likeness (QED) is 0.828. The molecule has 1 aromatic rings. The fourth-order valence-corrected chi connectivity index (χ4v) is 3.20. The molecule has 1 unspecified atom stereocenters. The second-order valence-electron chi connectivity index (χ2n) is 6.26. The molecule has 1 aromatic carbocycles. The molecule has 136 valence electrons. The maximum atomic E-state index is 12.5. The fourth-order valence-electron chi connectivity index (χ4n) is 3.20. The van der Waals surface area contributed by atoms with E-state index in [4.69, 9.17) is 5.11 Å². The molecular weight excluding hydrogens is 324 g/mol. The van der Waals surface area contributed by atoms with E-state index < -0.39 is 12.1 Å². The molecule has 1 aliphatic heterocycles. The van der Waals surface area contributed by atoms with Gasteiger partial charge in [-0.05, 0) is 24.8 Å². The van der Waals surface area contributed by atoms with Gasteiger partial charge in [0.25, 0.3) is 5.91 Å². The van der Waals surface area contributed by atoms with E-state index in [1.165, 1.54) is 11.8 Å². The lowest BCUT2D eigenvalue weighted by Gasteiger charge is -2.29. The van der Waals surface area contributed by atoms with Crippen molar-refractivity contribution in [2.75, 3.05) is 19.6 Å². The van der Waals surface area contributed by atoms with E-state index in [0.29, 0.717) is 37.9 Å². The molecule has 25 heavy (non-hydrogen) atoms. The Labute approximate surface area is 146 Å². The molecule has 2 amide bonds. The molecule has 0 aliphatic carbocycles. The van der Waals surface area contributed by atoms with Crippen LogP contribution < -0.4 is 0 Å². The van der Waals surface area contributed by atoms with Gasteiger partial charge in [-0.3, -0.25) is 14.4 Å². The Morgan fingerprint density at radius 1 is 1.20 bits per heavy atom. The number of aliphatic hydroxyl groups excluding tert-OH is 1. The molecule has 1 fully saturated rings. The smallest absolute Gasteiger partial charge is 0.323 e. The third kappa shape index (κ3) is 5.03. The van der Waals surface area contributed by atoms with Crippen LogP contribution in [-0.2, 0) is 14.4 Å². The first-order valence-corrected chi connectivity index (χ1v) is 8.41. The van der Waals surface area contributed by atoms with Crippen molar-refractivity contribution >= 4 is 17.8 Å². The molecule has 1 saturated heterocycles. The maximum Gasteiger partial charge on any atom is 0.323 e. The van der Waals surface area contributed by atoms with Crippen LogP contribution >= 0.6 is 0 Å². The molecule has 2 rings (SSSR count). The van der Waals surface area contributed by atoms with Gasteiger partial charge in [0.15, 0.2) is 6.10 Å². The van der Waals surface area contributed by atoms with Crippen molar-refractivity contribution in [2.24, 2.45) is 0 Å². The number of aliphatic hydroxyl groups is 1.